The van der Waals surface area contributed by atoms with Gasteiger partial charge in [0.1, 0.15) is 0 Å². The molecule has 1 aliphatic rings. The molecule has 2 rings (SSSR count). The molecule has 1 unspecified atom stereocenters. The third kappa shape index (κ3) is 7.40. The van der Waals surface area contributed by atoms with E-state index < -0.39 is 0 Å². The van der Waals surface area contributed by atoms with Crippen molar-refractivity contribution in [1.82, 2.24) is 10.6 Å². The molecule has 1 heterocycles. The van der Waals surface area contributed by atoms with Gasteiger partial charge >= 0.3 is 0 Å². The van der Waals surface area contributed by atoms with Crippen LogP contribution < -0.4 is 10.6 Å². The summed E-state index contributed by atoms with van der Waals surface area (Å²) in [7, 11) is 0. The number of nitrogens with zero attached hydrogens (tertiary/aromatic N) is 1. The van der Waals surface area contributed by atoms with E-state index in [1.165, 1.54) is 5.57 Å². The van der Waals surface area contributed by atoms with Crippen LogP contribution in [-0.2, 0) is 4.74 Å². The van der Waals surface area contributed by atoms with E-state index in [2.05, 4.69) is 41.6 Å². The molecule has 1 aliphatic heterocycles. The summed E-state index contributed by atoms with van der Waals surface area (Å²) in [6.45, 7) is 7.37. The van der Waals surface area contributed by atoms with E-state index in [0.29, 0.717) is 0 Å². The van der Waals surface area contributed by atoms with Crippen LogP contribution in [0, 0.1) is 0 Å². The van der Waals surface area contributed by atoms with Crippen LogP contribution in [0.25, 0.3) is 0 Å². The standard InChI is InChI=1S/C18H26ClN3O.HI/c1-3-20-18(21-10-7-15-8-11-23-12-9-15)22-14(2)16-5-4-6-17(19)13-16;/h4-6,8,13-14H,3,7,9-12H2,1-2H3,(H2,20,21,22);1H. The molecule has 6 heteroatoms. The Labute approximate surface area is 167 Å². The molecule has 24 heavy (non-hydrogen) atoms. The third-order valence-corrected chi connectivity index (χ3v) is 4.04. The Balaban J connectivity index is 0.00000288. The Kier molecular flexibility index (Phi) is 10.4. The van der Waals surface area contributed by atoms with E-state index in [4.69, 9.17) is 16.3 Å². The number of halogens is 2. The largest absolute Gasteiger partial charge is 0.377 e. The number of guanidine groups is 1. The number of hydrogen-bond acceptors (Lipinski definition) is 2. The van der Waals surface area contributed by atoms with Gasteiger partial charge in [0, 0.05) is 18.1 Å². The minimum absolute atomic E-state index is 0. The van der Waals surface area contributed by atoms with Gasteiger partial charge in [0.2, 0.25) is 0 Å². The average molecular weight is 464 g/mol. The molecule has 0 saturated heterocycles. The molecule has 0 saturated carbocycles. The van der Waals surface area contributed by atoms with E-state index in [-0.39, 0.29) is 30.0 Å². The summed E-state index contributed by atoms with van der Waals surface area (Å²) >= 11 is 6.07. The molecule has 2 N–H and O–H groups in total. The highest BCUT2D eigenvalue weighted by Gasteiger charge is 2.08. The first-order chi connectivity index (χ1) is 11.2. The first-order valence-electron chi connectivity index (χ1n) is 8.25. The summed E-state index contributed by atoms with van der Waals surface area (Å²) in [6.07, 6.45) is 4.19. The van der Waals surface area contributed by atoms with Crippen LogP contribution in [0.3, 0.4) is 0 Å². The zero-order chi connectivity index (χ0) is 16.5. The van der Waals surface area contributed by atoms with Gasteiger partial charge in [0.25, 0.3) is 0 Å². The van der Waals surface area contributed by atoms with E-state index in [1.807, 2.05) is 18.2 Å². The smallest absolute Gasteiger partial charge is 0.191 e. The topological polar surface area (TPSA) is 45.7 Å². The molecule has 134 valence electrons. The summed E-state index contributed by atoms with van der Waals surface area (Å²) in [6, 6.07) is 8.06. The molecule has 1 aromatic rings. The van der Waals surface area contributed by atoms with Gasteiger partial charge in [-0.25, -0.2) is 0 Å². The molecule has 0 spiro atoms. The van der Waals surface area contributed by atoms with Crippen molar-refractivity contribution in [3.63, 3.8) is 0 Å². The number of hydrogen-bond donors (Lipinski definition) is 2. The molecule has 1 aromatic carbocycles. The fourth-order valence-corrected chi connectivity index (χ4v) is 2.69. The molecule has 0 radical (unpaired) electrons. The maximum Gasteiger partial charge on any atom is 0.191 e. The molecule has 4 nitrogen and oxygen atoms in total. The summed E-state index contributed by atoms with van der Waals surface area (Å²) in [4.78, 5) is 4.68. The molecular weight excluding hydrogens is 437 g/mol. The highest BCUT2D eigenvalue weighted by atomic mass is 127. The van der Waals surface area contributed by atoms with Gasteiger partial charge in [0.05, 0.1) is 19.3 Å². The first kappa shape index (κ1) is 21.3. The lowest BCUT2D eigenvalue weighted by Gasteiger charge is -2.19. The molecule has 0 amide bonds. The van der Waals surface area contributed by atoms with Crippen molar-refractivity contribution >= 4 is 41.5 Å². The molecule has 0 aromatic heterocycles. The highest BCUT2D eigenvalue weighted by Crippen LogP contribution is 2.17. The predicted octanol–water partition coefficient (Wildman–Crippen LogP) is 4.31. The van der Waals surface area contributed by atoms with Crippen LogP contribution in [0.4, 0.5) is 0 Å². The lowest BCUT2D eigenvalue weighted by Crippen LogP contribution is -2.38. The van der Waals surface area contributed by atoms with Crippen LogP contribution in [0.2, 0.25) is 5.02 Å². The van der Waals surface area contributed by atoms with Gasteiger partial charge in [0.15, 0.2) is 5.96 Å². The van der Waals surface area contributed by atoms with Crippen molar-refractivity contribution in [3.8, 4) is 0 Å². The van der Waals surface area contributed by atoms with Crippen molar-refractivity contribution in [1.29, 1.82) is 0 Å². The SMILES string of the molecule is CCNC(=NCCC1=CCOCC1)NC(C)c1cccc(Cl)c1.I. The Morgan fingerprint density at radius 1 is 1.42 bits per heavy atom. The van der Waals surface area contributed by atoms with E-state index in [0.717, 1.165) is 55.7 Å². The second kappa shape index (κ2) is 11.7. The van der Waals surface area contributed by atoms with Gasteiger partial charge in [-0.15, -0.1) is 24.0 Å². The molecule has 0 aliphatic carbocycles. The van der Waals surface area contributed by atoms with E-state index in [9.17, 15) is 0 Å². The van der Waals surface area contributed by atoms with Gasteiger partial charge in [-0.3, -0.25) is 4.99 Å². The Bertz CT molecular complexity index is 563. The number of benzene rings is 1. The van der Waals surface area contributed by atoms with E-state index >= 15 is 0 Å². The lowest BCUT2D eigenvalue weighted by atomic mass is 10.1. The lowest BCUT2D eigenvalue weighted by molar-refractivity contribution is 0.153. The van der Waals surface area contributed by atoms with Gasteiger partial charge in [-0.2, -0.15) is 0 Å². The quantitative estimate of drug-likeness (QED) is 0.286. The zero-order valence-corrected chi connectivity index (χ0v) is 17.4. The minimum atomic E-state index is 0. The van der Waals surface area contributed by atoms with Gasteiger partial charge in [-0.05, 0) is 44.4 Å². The normalized spacial score (nSPS) is 16.0. The number of rotatable bonds is 6. The molecular formula is C18H27ClIN3O. The highest BCUT2D eigenvalue weighted by molar-refractivity contribution is 14.0. The average Bonchev–Trinajstić information content (AvgIpc) is 2.56. The number of aliphatic imine (C=N–C) groups is 1. The van der Waals surface area contributed by atoms with Crippen molar-refractivity contribution in [2.24, 2.45) is 4.99 Å². The van der Waals surface area contributed by atoms with Crippen molar-refractivity contribution < 1.29 is 4.74 Å². The van der Waals surface area contributed by atoms with Crippen molar-refractivity contribution in [2.75, 3.05) is 26.3 Å². The van der Waals surface area contributed by atoms with Gasteiger partial charge < -0.3 is 15.4 Å². The third-order valence-electron chi connectivity index (χ3n) is 3.81. The van der Waals surface area contributed by atoms with Crippen LogP contribution in [-0.4, -0.2) is 32.3 Å². The zero-order valence-electron chi connectivity index (χ0n) is 14.3. The Hall–Kier alpha value is -0.790. The maximum absolute atomic E-state index is 6.07. The predicted molar refractivity (Wildman–Crippen MR) is 113 cm³/mol. The van der Waals surface area contributed by atoms with Crippen molar-refractivity contribution in [2.45, 2.75) is 32.7 Å². The van der Waals surface area contributed by atoms with Crippen LogP contribution in [0.5, 0.6) is 0 Å². The molecule has 1 atom stereocenters. The fourth-order valence-electron chi connectivity index (χ4n) is 2.49. The monoisotopic (exact) mass is 463 g/mol. The number of nitrogens with one attached hydrogen (secondary N) is 2. The van der Waals surface area contributed by atoms with Gasteiger partial charge in [-0.1, -0.05) is 35.4 Å². The summed E-state index contributed by atoms with van der Waals surface area (Å²) in [5.74, 6) is 0.840. The summed E-state index contributed by atoms with van der Waals surface area (Å²) in [5, 5.41) is 7.49. The van der Waals surface area contributed by atoms with Crippen LogP contribution in [0.1, 0.15) is 38.3 Å². The summed E-state index contributed by atoms with van der Waals surface area (Å²) < 4.78 is 5.33. The molecule has 0 fully saturated rings. The second-order valence-corrected chi connectivity index (χ2v) is 6.06. The number of ether oxygens (including phenoxy) is 1. The Morgan fingerprint density at radius 3 is 2.92 bits per heavy atom. The van der Waals surface area contributed by atoms with Crippen LogP contribution in [0.15, 0.2) is 40.9 Å². The fraction of sp³-hybridized carbons (Fsp3) is 0.500. The summed E-state index contributed by atoms with van der Waals surface area (Å²) in [5.41, 5.74) is 2.59. The van der Waals surface area contributed by atoms with Crippen molar-refractivity contribution in [3.05, 3.63) is 46.5 Å². The van der Waals surface area contributed by atoms with Crippen LogP contribution >= 0.6 is 35.6 Å². The second-order valence-electron chi connectivity index (χ2n) is 5.62. The first-order valence-corrected chi connectivity index (χ1v) is 8.62. The maximum atomic E-state index is 6.07. The Morgan fingerprint density at radius 2 is 2.25 bits per heavy atom. The molecule has 0 bridgehead atoms. The minimum Gasteiger partial charge on any atom is -0.377 e. The van der Waals surface area contributed by atoms with E-state index in [1.54, 1.807) is 0 Å².